The molecule has 0 amide bonds. The van der Waals surface area contributed by atoms with E-state index in [1.807, 2.05) is 36.7 Å². The van der Waals surface area contributed by atoms with Crippen LogP contribution in [0.15, 0.2) is 53.3 Å². The highest BCUT2D eigenvalue weighted by Gasteiger charge is 2.08. The van der Waals surface area contributed by atoms with E-state index in [9.17, 15) is 0 Å². The number of hydrogen-bond donors (Lipinski definition) is 1. The van der Waals surface area contributed by atoms with Gasteiger partial charge in [-0.2, -0.15) is 0 Å². The zero-order chi connectivity index (χ0) is 12.5. The molecule has 0 aliphatic carbocycles. The molecule has 2 N–H and O–H groups in total. The molecule has 3 aromatic rings. The Hall–Kier alpha value is -1.81. The van der Waals surface area contributed by atoms with Gasteiger partial charge in [0.2, 0.25) is 0 Å². The molecule has 0 radical (unpaired) electrons. The number of nitrogen functional groups attached to an aromatic ring is 1. The quantitative estimate of drug-likeness (QED) is 0.737. The third-order valence-electron chi connectivity index (χ3n) is 2.96. The first-order valence-electron chi connectivity index (χ1n) is 5.68. The minimum Gasteiger partial charge on any atom is -0.398 e. The van der Waals surface area contributed by atoms with E-state index in [1.165, 1.54) is 5.56 Å². The number of aromatic nitrogens is 2. The molecule has 2 aromatic carbocycles. The fourth-order valence-electron chi connectivity index (χ4n) is 2.02. The van der Waals surface area contributed by atoms with Crippen LogP contribution in [-0.2, 0) is 6.54 Å². The normalized spacial score (nSPS) is 10.9. The molecule has 0 fully saturated rings. The Morgan fingerprint density at radius 3 is 2.67 bits per heavy atom. The topological polar surface area (TPSA) is 43.8 Å². The van der Waals surface area contributed by atoms with E-state index < -0.39 is 0 Å². The monoisotopic (exact) mass is 301 g/mol. The van der Waals surface area contributed by atoms with E-state index in [2.05, 4.69) is 37.6 Å². The van der Waals surface area contributed by atoms with Crippen molar-refractivity contribution >= 4 is 32.7 Å². The fourth-order valence-corrected chi connectivity index (χ4v) is 2.46. The van der Waals surface area contributed by atoms with Gasteiger partial charge in [0.1, 0.15) is 5.52 Å². The molecule has 0 spiro atoms. The van der Waals surface area contributed by atoms with Gasteiger partial charge in [-0.1, -0.05) is 30.3 Å². The van der Waals surface area contributed by atoms with Gasteiger partial charge >= 0.3 is 0 Å². The maximum Gasteiger partial charge on any atom is 0.105 e. The standard InChI is InChI=1S/C14H12BrN3/c15-13-11(16)6-7-12-14(13)17-9-18(12)8-10-4-2-1-3-5-10/h1-7,9H,8,16H2. The summed E-state index contributed by atoms with van der Waals surface area (Å²) in [4.78, 5) is 4.41. The zero-order valence-electron chi connectivity index (χ0n) is 9.68. The Morgan fingerprint density at radius 2 is 1.89 bits per heavy atom. The smallest absolute Gasteiger partial charge is 0.105 e. The number of nitrogens with zero attached hydrogens (tertiary/aromatic N) is 2. The van der Waals surface area contributed by atoms with Crippen LogP contribution in [0, 0.1) is 0 Å². The van der Waals surface area contributed by atoms with Crippen molar-refractivity contribution in [1.82, 2.24) is 9.55 Å². The highest BCUT2D eigenvalue weighted by molar-refractivity contribution is 9.10. The predicted molar refractivity (Wildman–Crippen MR) is 77.4 cm³/mol. The van der Waals surface area contributed by atoms with E-state index in [4.69, 9.17) is 5.73 Å². The summed E-state index contributed by atoms with van der Waals surface area (Å²) >= 11 is 3.48. The molecule has 1 heterocycles. The van der Waals surface area contributed by atoms with Gasteiger partial charge in [0, 0.05) is 12.2 Å². The summed E-state index contributed by atoms with van der Waals surface area (Å²) in [7, 11) is 0. The number of halogens is 1. The lowest BCUT2D eigenvalue weighted by Gasteiger charge is -2.05. The Bertz CT molecular complexity index is 689. The van der Waals surface area contributed by atoms with Gasteiger partial charge in [0.05, 0.1) is 16.3 Å². The van der Waals surface area contributed by atoms with Crippen molar-refractivity contribution in [3.05, 3.63) is 58.8 Å². The predicted octanol–water partition coefficient (Wildman–Crippen LogP) is 3.43. The number of anilines is 1. The van der Waals surface area contributed by atoms with E-state index >= 15 is 0 Å². The Balaban J connectivity index is 2.06. The molecule has 0 saturated heterocycles. The molecule has 0 bridgehead atoms. The van der Waals surface area contributed by atoms with Gasteiger partial charge in [-0.15, -0.1) is 0 Å². The van der Waals surface area contributed by atoms with Crippen LogP contribution in [0.4, 0.5) is 5.69 Å². The average molecular weight is 302 g/mol. The van der Waals surface area contributed by atoms with Crippen molar-refractivity contribution < 1.29 is 0 Å². The molecular formula is C14H12BrN3. The Kier molecular flexibility index (Phi) is 2.80. The maximum absolute atomic E-state index is 5.85. The lowest BCUT2D eigenvalue weighted by molar-refractivity contribution is 0.824. The lowest BCUT2D eigenvalue weighted by Crippen LogP contribution is -1.97. The summed E-state index contributed by atoms with van der Waals surface area (Å²) in [6, 6.07) is 14.2. The highest BCUT2D eigenvalue weighted by Crippen LogP contribution is 2.28. The number of fused-ring (bicyclic) bond motifs is 1. The molecule has 0 aliphatic heterocycles. The van der Waals surface area contributed by atoms with Gasteiger partial charge < -0.3 is 10.3 Å². The van der Waals surface area contributed by atoms with E-state index in [-0.39, 0.29) is 0 Å². The van der Waals surface area contributed by atoms with Crippen molar-refractivity contribution in [2.75, 3.05) is 5.73 Å². The van der Waals surface area contributed by atoms with Crippen LogP contribution >= 0.6 is 15.9 Å². The first-order valence-corrected chi connectivity index (χ1v) is 6.48. The third kappa shape index (κ3) is 1.88. The molecule has 1 aromatic heterocycles. The molecule has 0 atom stereocenters. The van der Waals surface area contributed by atoms with Gasteiger partial charge in [0.15, 0.2) is 0 Å². The van der Waals surface area contributed by atoms with E-state index in [0.29, 0.717) is 5.69 Å². The van der Waals surface area contributed by atoms with Crippen molar-refractivity contribution in [1.29, 1.82) is 0 Å². The maximum atomic E-state index is 5.85. The summed E-state index contributed by atoms with van der Waals surface area (Å²) in [6.07, 6.45) is 1.85. The average Bonchev–Trinajstić information content (AvgIpc) is 2.79. The summed E-state index contributed by atoms with van der Waals surface area (Å²) in [5.41, 5.74) is 9.81. The molecule has 4 heteroatoms. The van der Waals surface area contributed by atoms with Crippen molar-refractivity contribution in [2.45, 2.75) is 6.54 Å². The third-order valence-corrected chi connectivity index (χ3v) is 3.79. The number of hydrogen-bond acceptors (Lipinski definition) is 2. The number of rotatable bonds is 2. The molecule has 90 valence electrons. The van der Waals surface area contributed by atoms with Gasteiger partial charge in [-0.3, -0.25) is 0 Å². The largest absolute Gasteiger partial charge is 0.398 e. The SMILES string of the molecule is Nc1ccc2c(ncn2Cc2ccccc2)c1Br. The summed E-state index contributed by atoms with van der Waals surface area (Å²) in [5, 5.41) is 0. The first kappa shape index (κ1) is 11.3. The Morgan fingerprint density at radius 1 is 1.11 bits per heavy atom. The number of benzene rings is 2. The van der Waals surface area contributed by atoms with Crippen LogP contribution in [0.5, 0.6) is 0 Å². The summed E-state index contributed by atoms with van der Waals surface area (Å²) in [6.45, 7) is 0.813. The fraction of sp³-hybridized carbons (Fsp3) is 0.0714. The minimum absolute atomic E-state index is 0.715. The van der Waals surface area contributed by atoms with E-state index in [1.54, 1.807) is 0 Å². The van der Waals surface area contributed by atoms with Crippen molar-refractivity contribution in [2.24, 2.45) is 0 Å². The molecular weight excluding hydrogens is 290 g/mol. The summed E-state index contributed by atoms with van der Waals surface area (Å²) in [5.74, 6) is 0. The van der Waals surface area contributed by atoms with Crippen molar-refractivity contribution in [3.63, 3.8) is 0 Å². The molecule has 0 unspecified atom stereocenters. The van der Waals surface area contributed by atoms with Crippen molar-refractivity contribution in [3.8, 4) is 0 Å². The lowest BCUT2D eigenvalue weighted by atomic mass is 10.2. The molecule has 0 saturated carbocycles. The van der Waals surface area contributed by atoms with Crippen LogP contribution in [0.2, 0.25) is 0 Å². The van der Waals surface area contributed by atoms with E-state index in [0.717, 1.165) is 22.1 Å². The molecule has 18 heavy (non-hydrogen) atoms. The second-order valence-corrected chi connectivity index (χ2v) is 4.99. The summed E-state index contributed by atoms with van der Waals surface area (Å²) < 4.78 is 2.99. The van der Waals surface area contributed by atoms with Crippen LogP contribution in [-0.4, -0.2) is 9.55 Å². The first-order chi connectivity index (χ1) is 8.75. The molecule has 3 nitrogen and oxygen atoms in total. The second kappa shape index (κ2) is 4.46. The van der Waals surface area contributed by atoms with Gasteiger partial charge in [-0.25, -0.2) is 4.98 Å². The van der Waals surface area contributed by atoms with Crippen LogP contribution in [0.25, 0.3) is 11.0 Å². The highest BCUT2D eigenvalue weighted by atomic mass is 79.9. The van der Waals surface area contributed by atoms with Crippen LogP contribution in [0.3, 0.4) is 0 Å². The second-order valence-electron chi connectivity index (χ2n) is 4.19. The van der Waals surface area contributed by atoms with Gasteiger partial charge in [0.25, 0.3) is 0 Å². The zero-order valence-corrected chi connectivity index (χ0v) is 11.3. The molecule has 0 aliphatic rings. The Labute approximate surface area is 113 Å². The van der Waals surface area contributed by atoms with Crippen LogP contribution in [0.1, 0.15) is 5.56 Å². The number of nitrogens with two attached hydrogens (primary N) is 1. The molecule has 3 rings (SSSR count). The number of imidazole rings is 1. The van der Waals surface area contributed by atoms with Crippen LogP contribution < -0.4 is 5.73 Å². The van der Waals surface area contributed by atoms with Gasteiger partial charge in [-0.05, 0) is 33.6 Å². The minimum atomic E-state index is 0.715.